The predicted molar refractivity (Wildman–Crippen MR) is 105 cm³/mol. The van der Waals surface area contributed by atoms with E-state index in [1.165, 1.54) is 18.2 Å². The molecule has 142 valence electrons. The van der Waals surface area contributed by atoms with Gasteiger partial charge in [-0.05, 0) is 62.1 Å². The van der Waals surface area contributed by atoms with Crippen LogP contribution in [0.1, 0.15) is 53.6 Å². The maximum Gasteiger partial charge on any atom is 0.255 e. The molecule has 0 atom stereocenters. The molecular formula is C22H25FN2O2. The molecule has 1 saturated carbocycles. The van der Waals surface area contributed by atoms with Crippen LogP contribution in [0.3, 0.4) is 0 Å². The Bertz CT molecular complexity index is 857. The largest absolute Gasteiger partial charge is 0.323 e. The molecule has 2 N–H and O–H groups in total. The molecule has 0 spiro atoms. The summed E-state index contributed by atoms with van der Waals surface area (Å²) in [5, 5.41) is 5.48. The number of carbonyl (C=O) groups excluding carboxylic acids is 2. The van der Waals surface area contributed by atoms with Gasteiger partial charge in [-0.25, -0.2) is 4.39 Å². The van der Waals surface area contributed by atoms with Crippen LogP contribution in [-0.2, 0) is 4.79 Å². The van der Waals surface area contributed by atoms with Crippen LogP contribution in [0.2, 0.25) is 0 Å². The second-order valence-corrected chi connectivity index (χ2v) is 7.22. The number of benzene rings is 2. The Kier molecular flexibility index (Phi) is 5.89. The third-order valence-corrected chi connectivity index (χ3v) is 5.31. The van der Waals surface area contributed by atoms with Crippen molar-refractivity contribution in [3.63, 3.8) is 0 Å². The normalized spacial score (nSPS) is 14.6. The van der Waals surface area contributed by atoms with E-state index in [4.69, 9.17) is 0 Å². The van der Waals surface area contributed by atoms with Crippen LogP contribution in [0.15, 0.2) is 36.4 Å². The van der Waals surface area contributed by atoms with E-state index in [1.54, 1.807) is 6.07 Å². The van der Waals surface area contributed by atoms with Gasteiger partial charge >= 0.3 is 0 Å². The van der Waals surface area contributed by atoms with Crippen LogP contribution in [-0.4, -0.2) is 11.8 Å². The van der Waals surface area contributed by atoms with Crippen molar-refractivity contribution >= 4 is 23.2 Å². The summed E-state index contributed by atoms with van der Waals surface area (Å²) in [6, 6.07) is 9.76. The summed E-state index contributed by atoms with van der Waals surface area (Å²) in [6.07, 6.45) is 4.91. The van der Waals surface area contributed by atoms with Crippen molar-refractivity contribution < 1.29 is 14.0 Å². The fourth-order valence-electron chi connectivity index (χ4n) is 3.49. The Labute approximate surface area is 159 Å². The molecule has 0 heterocycles. The standard InChI is InChI=1S/C22H25FN2O2/c1-14-7-6-10-18(15(14)2)22(27)24-17-11-12-19(23)20(13-17)25-21(26)16-8-4-3-5-9-16/h6-7,10-13,16H,3-5,8-9H2,1-2H3,(H,24,27)(H,25,26). The first-order valence-corrected chi connectivity index (χ1v) is 9.43. The molecule has 5 heteroatoms. The number of rotatable bonds is 4. The minimum atomic E-state index is -0.510. The molecule has 0 bridgehead atoms. The van der Waals surface area contributed by atoms with E-state index in [0.717, 1.165) is 43.2 Å². The molecule has 3 rings (SSSR count). The van der Waals surface area contributed by atoms with Crippen molar-refractivity contribution in [1.82, 2.24) is 0 Å². The number of hydrogen-bond acceptors (Lipinski definition) is 2. The molecule has 1 fully saturated rings. The first kappa shape index (κ1) is 19.1. The van der Waals surface area contributed by atoms with Crippen molar-refractivity contribution in [3.05, 3.63) is 58.9 Å². The summed E-state index contributed by atoms with van der Waals surface area (Å²) in [5.41, 5.74) is 3.06. The van der Waals surface area contributed by atoms with Gasteiger partial charge in [0.1, 0.15) is 5.82 Å². The molecule has 1 aliphatic rings. The van der Waals surface area contributed by atoms with Gasteiger partial charge < -0.3 is 10.6 Å². The highest BCUT2D eigenvalue weighted by atomic mass is 19.1. The molecule has 2 amide bonds. The van der Waals surface area contributed by atoms with Gasteiger partial charge in [-0.1, -0.05) is 31.4 Å². The van der Waals surface area contributed by atoms with Crippen LogP contribution in [0.4, 0.5) is 15.8 Å². The van der Waals surface area contributed by atoms with Gasteiger partial charge in [-0.2, -0.15) is 0 Å². The lowest BCUT2D eigenvalue weighted by Gasteiger charge is -2.21. The SMILES string of the molecule is Cc1cccc(C(=O)Nc2ccc(F)c(NC(=O)C3CCCCC3)c2)c1C. The molecule has 2 aromatic carbocycles. The van der Waals surface area contributed by atoms with Gasteiger partial charge in [0, 0.05) is 17.2 Å². The molecule has 0 unspecified atom stereocenters. The molecule has 0 aliphatic heterocycles. The van der Waals surface area contributed by atoms with Gasteiger partial charge in [0.2, 0.25) is 5.91 Å². The van der Waals surface area contributed by atoms with Gasteiger partial charge in [0.25, 0.3) is 5.91 Å². The van der Waals surface area contributed by atoms with E-state index in [9.17, 15) is 14.0 Å². The van der Waals surface area contributed by atoms with Crippen LogP contribution in [0, 0.1) is 25.6 Å². The Balaban J connectivity index is 1.73. The minimum Gasteiger partial charge on any atom is -0.323 e. The first-order chi connectivity index (χ1) is 13.0. The van der Waals surface area contributed by atoms with Crippen LogP contribution in [0.5, 0.6) is 0 Å². The fraction of sp³-hybridized carbons (Fsp3) is 0.364. The fourth-order valence-corrected chi connectivity index (χ4v) is 3.49. The van der Waals surface area contributed by atoms with E-state index >= 15 is 0 Å². The minimum absolute atomic E-state index is 0.0636. The number of anilines is 2. The maximum atomic E-state index is 14.1. The molecule has 27 heavy (non-hydrogen) atoms. The third-order valence-electron chi connectivity index (χ3n) is 5.31. The zero-order valence-corrected chi connectivity index (χ0v) is 15.8. The highest BCUT2D eigenvalue weighted by Gasteiger charge is 2.22. The topological polar surface area (TPSA) is 58.2 Å². The lowest BCUT2D eigenvalue weighted by molar-refractivity contribution is -0.120. The number of aryl methyl sites for hydroxylation is 1. The highest BCUT2D eigenvalue weighted by molar-refractivity contribution is 6.06. The second-order valence-electron chi connectivity index (χ2n) is 7.22. The quantitative estimate of drug-likeness (QED) is 0.778. The molecule has 4 nitrogen and oxygen atoms in total. The molecule has 2 aromatic rings. The Morgan fingerprint density at radius 1 is 1.00 bits per heavy atom. The summed E-state index contributed by atoms with van der Waals surface area (Å²) >= 11 is 0. The van der Waals surface area contributed by atoms with Crippen molar-refractivity contribution in [2.75, 3.05) is 10.6 Å². The average Bonchev–Trinajstić information content (AvgIpc) is 2.67. The van der Waals surface area contributed by atoms with Gasteiger partial charge in [-0.3, -0.25) is 9.59 Å². The number of amides is 2. The summed E-state index contributed by atoms with van der Waals surface area (Å²) in [7, 11) is 0. The van der Waals surface area contributed by atoms with E-state index in [-0.39, 0.29) is 23.4 Å². The first-order valence-electron chi connectivity index (χ1n) is 9.43. The smallest absolute Gasteiger partial charge is 0.255 e. The van der Waals surface area contributed by atoms with E-state index in [2.05, 4.69) is 10.6 Å². The molecule has 0 radical (unpaired) electrons. The number of hydrogen-bond donors (Lipinski definition) is 2. The maximum absolute atomic E-state index is 14.1. The highest BCUT2D eigenvalue weighted by Crippen LogP contribution is 2.27. The van der Waals surface area contributed by atoms with Crippen molar-refractivity contribution in [2.24, 2.45) is 5.92 Å². The van der Waals surface area contributed by atoms with Crippen molar-refractivity contribution in [2.45, 2.75) is 46.0 Å². The van der Waals surface area contributed by atoms with E-state index < -0.39 is 5.82 Å². The Morgan fingerprint density at radius 2 is 1.74 bits per heavy atom. The van der Waals surface area contributed by atoms with Gasteiger partial charge in [0.05, 0.1) is 5.69 Å². The lowest BCUT2D eigenvalue weighted by Crippen LogP contribution is -2.25. The summed E-state index contributed by atoms with van der Waals surface area (Å²) < 4.78 is 14.1. The summed E-state index contributed by atoms with van der Waals surface area (Å²) in [5.74, 6) is -0.978. The molecule has 1 aliphatic carbocycles. The van der Waals surface area contributed by atoms with Crippen molar-refractivity contribution in [1.29, 1.82) is 0 Å². The number of halogens is 1. The average molecular weight is 368 g/mol. The summed E-state index contributed by atoms with van der Waals surface area (Å²) in [4.78, 5) is 25.0. The zero-order chi connectivity index (χ0) is 19.4. The van der Waals surface area contributed by atoms with Crippen LogP contribution in [0.25, 0.3) is 0 Å². The van der Waals surface area contributed by atoms with Crippen molar-refractivity contribution in [3.8, 4) is 0 Å². The molecular weight excluding hydrogens is 343 g/mol. The molecule has 0 saturated heterocycles. The zero-order valence-electron chi connectivity index (χ0n) is 15.8. The van der Waals surface area contributed by atoms with Crippen LogP contribution >= 0.6 is 0 Å². The Morgan fingerprint density at radius 3 is 2.48 bits per heavy atom. The summed E-state index contributed by atoms with van der Waals surface area (Å²) in [6.45, 7) is 3.84. The second kappa shape index (κ2) is 8.33. The van der Waals surface area contributed by atoms with Gasteiger partial charge in [-0.15, -0.1) is 0 Å². The van der Waals surface area contributed by atoms with E-state index in [1.807, 2.05) is 26.0 Å². The predicted octanol–water partition coefficient (Wildman–Crippen LogP) is 5.21. The van der Waals surface area contributed by atoms with E-state index in [0.29, 0.717) is 11.3 Å². The number of carbonyl (C=O) groups is 2. The number of nitrogens with one attached hydrogen (secondary N) is 2. The Hall–Kier alpha value is -2.69. The monoisotopic (exact) mass is 368 g/mol. The third kappa shape index (κ3) is 4.54. The van der Waals surface area contributed by atoms with Crippen LogP contribution < -0.4 is 10.6 Å². The van der Waals surface area contributed by atoms with Gasteiger partial charge in [0.15, 0.2) is 0 Å². The molecule has 0 aromatic heterocycles. The lowest BCUT2D eigenvalue weighted by atomic mass is 9.88.